The maximum atomic E-state index is 10.9. The van der Waals surface area contributed by atoms with Crippen molar-refractivity contribution in [2.75, 3.05) is 0 Å². The highest BCUT2D eigenvalue weighted by atomic mass is 16.6. The molecule has 0 spiro atoms. The van der Waals surface area contributed by atoms with Gasteiger partial charge in [-0.15, -0.1) is 0 Å². The van der Waals surface area contributed by atoms with E-state index in [2.05, 4.69) is 20.8 Å². The van der Waals surface area contributed by atoms with Crippen LogP contribution in [0.25, 0.3) is 0 Å². The van der Waals surface area contributed by atoms with Crippen molar-refractivity contribution in [1.82, 2.24) is 0 Å². The molecule has 0 amide bonds. The lowest BCUT2D eigenvalue weighted by molar-refractivity contribution is -0.710. The van der Waals surface area contributed by atoms with Crippen LogP contribution < -0.4 is 4.60 Å². The molecule has 78 valence electrons. The molecule has 0 aliphatic rings. The first kappa shape index (κ1) is 11.0. The van der Waals surface area contributed by atoms with Crippen molar-refractivity contribution in [3.8, 4) is 0 Å². The van der Waals surface area contributed by atoms with Crippen LogP contribution in [0.15, 0.2) is 22.9 Å². The zero-order valence-corrected chi connectivity index (χ0v) is 9.06. The molecule has 0 bridgehead atoms. The number of aromatic nitrogens is 1. The Labute approximate surface area is 84.3 Å². The average molecular weight is 196 g/mol. The molecule has 0 aliphatic carbocycles. The van der Waals surface area contributed by atoms with Gasteiger partial charge in [-0.05, 0) is 18.4 Å². The lowest BCUT2D eigenvalue weighted by atomic mass is 9.97. The molecule has 14 heavy (non-hydrogen) atoms. The zero-order chi connectivity index (χ0) is 10.6. The molecule has 0 radical (unpaired) electrons. The second-order valence-electron chi connectivity index (χ2n) is 4.16. The summed E-state index contributed by atoms with van der Waals surface area (Å²) < 4.78 is 5.53. The van der Waals surface area contributed by atoms with E-state index in [-0.39, 0.29) is 0 Å². The van der Waals surface area contributed by atoms with E-state index < -0.39 is 0 Å². The molecule has 1 unspecified atom stereocenters. The van der Waals surface area contributed by atoms with E-state index in [4.69, 9.17) is 4.52 Å². The predicted molar refractivity (Wildman–Crippen MR) is 54.6 cm³/mol. The summed E-state index contributed by atoms with van der Waals surface area (Å²) >= 11 is 0. The summed E-state index contributed by atoms with van der Waals surface area (Å²) in [6, 6.07) is 3.58. The maximum Gasteiger partial charge on any atom is 0.282 e. The second kappa shape index (κ2) is 4.94. The smallest absolute Gasteiger partial charge is 0.190 e. The molecule has 1 rings (SSSR count). The van der Waals surface area contributed by atoms with Crippen LogP contribution in [0.3, 0.4) is 0 Å². The van der Waals surface area contributed by atoms with E-state index in [1.807, 2.05) is 6.07 Å². The van der Waals surface area contributed by atoms with Gasteiger partial charge in [-0.25, -0.2) is 0 Å². The summed E-state index contributed by atoms with van der Waals surface area (Å²) in [6.45, 7) is 6.48. The SMILES string of the molecule is CC(C)CCC(C)c1ccc[n+](=O)o1. The molecule has 0 saturated carbocycles. The highest BCUT2D eigenvalue weighted by Crippen LogP contribution is 2.21. The molecule has 3 nitrogen and oxygen atoms in total. The number of nitrogens with zero attached hydrogens (tertiary/aromatic N) is 1. The highest BCUT2D eigenvalue weighted by molar-refractivity contribution is 4.99. The fraction of sp³-hybridized carbons (Fsp3) is 0.636. The Morgan fingerprint density at radius 3 is 2.64 bits per heavy atom. The Kier molecular flexibility index (Phi) is 3.86. The van der Waals surface area contributed by atoms with Crippen LogP contribution >= 0.6 is 0 Å². The van der Waals surface area contributed by atoms with E-state index in [1.165, 1.54) is 6.20 Å². The summed E-state index contributed by atoms with van der Waals surface area (Å²) in [5, 5.41) is 0. The summed E-state index contributed by atoms with van der Waals surface area (Å²) in [4.78, 5) is 10.9. The van der Waals surface area contributed by atoms with Gasteiger partial charge in [0.15, 0.2) is 5.76 Å². The first-order valence-electron chi connectivity index (χ1n) is 5.12. The molecule has 0 aliphatic heterocycles. The minimum absolute atomic E-state index is 0.318. The molecule has 1 atom stereocenters. The zero-order valence-electron chi connectivity index (χ0n) is 9.06. The van der Waals surface area contributed by atoms with Crippen molar-refractivity contribution < 1.29 is 9.12 Å². The molecule has 0 saturated heterocycles. The van der Waals surface area contributed by atoms with Gasteiger partial charge in [0, 0.05) is 12.0 Å². The van der Waals surface area contributed by atoms with Crippen molar-refractivity contribution in [2.45, 2.75) is 39.5 Å². The quantitative estimate of drug-likeness (QED) is 0.742. The van der Waals surface area contributed by atoms with E-state index in [0.717, 1.165) is 18.6 Å². The van der Waals surface area contributed by atoms with Crippen LogP contribution in [0.5, 0.6) is 0 Å². The van der Waals surface area contributed by atoms with Crippen LogP contribution in [0, 0.1) is 10.8 Å². The lowest BCUT2D eigenvalue weighted by Gasteiger charge is -2.08. The molecule has 0 fully saturated rings. The first-order valence-corrected chi connectivity index (χ1v) is 5.12. The third-order valence-corrected chi connectivity index (χ3v) is 2.33. The summed E-state index contributed by atoms with van der Waals surface area (Å²) in [5.41, 5.74) is 0. The minimum atomic E-state index is 0.318. The van der Waals surface area contributed by atoms with Crippen molar-refractivity contribution in [3.05, 3.63) is 29.0 Å². The summed E-state index contributed by atoms with van der Waals surface area (Å²) in [5.74, 6) is 1.78. The summed E-state index contributed by atoms with van der Waals surface area (Å²) in [6.07, 6.45) is 3.58. The van der Waals surface area contributed by atoms with Crippen molar-refractivity contribution >= 4 is 0 Å². The van der Waals surface area contributed by atoms with Gasteiger partial charge in [-0.3, -0.25) is 0 Å². The standard InChI is InChI=1S/C11H18NO2/c1-9(2)6-7-10(3)11-5-4-8-12(13)14-11/h4-5,8-10H,6-7H2,1-3H3/q+1. The van der Waals surface area contributed by atoms with Crippen LogP contribution in [0.4, 0.5) is 0 Å². The average Bonchev–Trinajstić information content (AvgIpc) is 2.14. The van der Waals surface area contributed by atoms with Gasteiger partial charge in [0.05, 0.1) is 4.91 Å². The molecule has 0 aromatic carbocycles. The van der Waals surface area contributed by atoms with Gasteiger partial charge in [0.25, 0.3) is 10.8 Å². The lowest BCUT2D eigenvalue weighted by Crippen LogP contribution is -2.13. The third-order valence-electron chi connectivity index (χ3n) is 2.33. The normalized spacial score (nSPS) is 13.1. The van der Waals surface area contributed by atoms with Crippen LogP contribution in [0.1, 0.15) is 45.3 Å². The molecule has 1 aromatic rings. The van der Waals surface area contributed by atoms with Crippen LogP contribution in [-0.2, 0) is 0 Å². The Morgan fingerprint density at radius 1 is 1.36 bits per heavy atom. The van der Waals surface area contributed by atoms with E-state index >= 15 is 0 Å². The van der Waals surface area contributed by atoms with Crippen molar-refractivity contribution in [2.24, 2.45) is 5.92 Å². The molecule has 1 heterocycles. The van der Waals surface area contributed by atoms with Gasteiger partial charge in [-0.2, -0.15) is 4.52 Å². The van der Waals surface area contributed by atoms with E-state index in [9.17, 15) is 4.91 Å². The largest absolute Gasteiger partial charge is 0.282 e. The molecular formula is C11H18NO2+. The number of rotatable bonds is 4. The van der Waals surface area contributed by atoms with Gasteiger partial charge in [-0.1, -0.05) is 27.2 Å². The van der Waals surface area contributed by atoms with E-state index in [0.29, 0.717) is 16.4 Å². The summed E-state index contributed by atoms with van der Waals surface area (Å²) in [7, 11) is 0. The van der Waals surface area contributed by atoms with E-state index in [1.54, 1.807) is 6.07 Å². The number of hydrogen-bond donors (Lipinski definition) is 0. The van der Waals surface area contributed by atoms with Crippen molar-refractivity contribution in [3.63, 3.8) is 0 Å². The molecular weight excluding hydrogens is 178 g/mol. The highest BCUT2D eigenvalue weighted by Gasteiger charge is 2.12. The Morgan fingerprint density at radius 2 is 2.07 bits per heavy atom. The Balaban J connectivity index is 2.60. The van der Waals surface area contributed by atoms with Crippen LogP contribution in [-0.4, -0.2) is 0 Å². The maximum absolute atomic E-state index is 10.9. The molecule has 0 N–H and O–H groups in total. The first-order chi connectivity index (χ1) is 6.59. The van der Waals surface area contributed by atoms with Gasteiger partial charge >= 0.3 is 0 Å². The van der Waals surface area contributed by atoms with Gasteiger partial charge in [0.1, 0.15) is 0 Å². The van der Waals surface area contributed by atoms with Gasteiger partial charge in [0.2, 0.25) is 0 Å². The minimum Gasteiger partial charge on any atom is -0.190 e. The Hall–Kier alpha value is -1.12. The predicted octanol–water partition coefficient (Wildman–Crippen LogP) is 2.73. The van der Waals surface area contributed by atoms with Crippen LogP contribution in [0.2, 0.25) is 0 Å². The monoisotopic (exact) mass is 196 g/mol. The third kappa shape index (κ3) is 3.32. The topological polar surface area (TPSA) is 36.1 Å². The molecule has 3 heteroatoms. The van der Waals surface area contributed by atoms with Crippen molar-refractivity contribution in [1.29, 1.82) is 0 Å². The van der Waals surface area contributed by atoms with Gasteiger partial charge < -0.3 is 0 Å². The Bertz CT molecular complexity index is 330. The number of hydrogen-bond acceptors (Lipinski definition) is 2. The second-order valence-corrected chi connectivity index (χ2v) is 4.16. The fourth-order valence-electron chi connectivity index (χ4n) is 1.35. The molecule has 1 aromatic heterocycles. The fourth-order valence-corrected chi connectivity index (χ4v) is 1.35.